The van der Waals surface area contributed by atoms with E-state index in [-0.39, 0.29) is 21.7 Å². The third-order valence-corrected chi connectivity index (χ3v) is 31.3. The average molecular weight is 1650 g/mol. The molecule has 0 fully saturated rings. The van der Waals surface area contributed by atoms with Crippen LogP contribution in [0.3, 0.4) is 0 Å². The summed E-state index contributed by atoms with van der Waals surface area (Å²) in [6, 6.07) is 109. The van der Waals surface area contributed by atoms with Gasteiger partial charge in [-0.05, 0) is 231 Å². The Labute approximate surface area is 756 Å². The topological polar surface area (TPSA) is 0 Å². The van der Waals surface area contributed by atoms with Crippen molar-refractivity contribution >= 4 is 0 Å². The van der Waals surface area contributed by atoms with Gasteiger partial charge in [-0.3, -0.25) is 0 Å². The zero-order valence-electron chi connectivity index (χ0n) is 78.2. The van der Waals surface area contributed by atoms with Crippen LogP contribution in [0.5, 0.6) is 0 Å². The van der Waals surface area contributed by atoms with Gasteiger partial charge in [-0.15, -0.1) is 0 Å². The molecule has 648 valence electrons. The van der Waals surface area contributed by atoms with Crippen molar-refractivity contribution in [2.24, 2.45) is 0 Å². The standard InChI is InChI=1S/C125H148/c1-9-17-25-41-81-121(82-42-26-18-10-2)113-53-37-33-49-105(113)109-77-65-97(89-117(109)121)93-57-69-101(70-58-93)125(102-71-59-94(60-72-102)98-66-78-110-106-50-34-38-54-114(106)122(118(110)90-98,83-43-27-19-11-3)84-44-28-20-12-4,103-73-61-95(62-74-103)99-67-79-111-107-51-35-39-55-115(107)123(119(111)91-99,85-45-29-21-13-5)86-46-30-22-14-6)104-75-63-96(64-76-104)100-68-80-112-108-52-36-40-56-116(108)124(120(112)92-100,87-47-31-23-15-7)88-48-32-24-16-8/h33-40,49-80,89-92H,9-32,41-48,81-88H2,1-8H3. The van der Waals surface area contributed by atoms with Crippen molar-refractivity contribution in [2.75, 3.05) is 0 Å². The van der Waals surface area contributed by atoms with Gasteiger partial charge in [0.1, 0.15) is 0 Å². The van der Waals surface area contributed by atoms with E-state index in [9.17, 15) is 0 Å². The predicted molar refractivity (Wildman–Crippen MR) is 541 cm³/mol. The molecular weight excluding hydrogens is 1500 g/mol. The molecule has 0 spiro atoms. The minimum atomic E-state index is -0.761. The first kappa shape index (κ1) is 89.0. The first-order valence-corrected chi connectivity index (χ1v) is 51.0. The van der Waals surface area contributed by atoms with E-state index in [4.69, 9.17) is 0 Å². The molecule has 0 saturated heterocycles. The molecule has 12 aromatic carbocycles. The first-order valence-electron chi connectivity index (χ1n) is 51.0. The van der Waals surface area contributed by atoms with Gasteiger partial charge >= 0.3 is 0 Å². The van der Waals surface area contributed by atoms with E-state index in [1.54, 1.807) is 44.5 Å². The van der Waals surface area contributed by atoms with Crippen LogP contribution in [0.4, 0.5) is 0 Å². The third-order valence-electron chi connectivity index (χ3n) is 31.3. The Morgan fingerprint density at radius 2 is 0.312 bits per heavy atom. The van der Waals surface area contributed by atoms with Crippen LogP contribution in [0.2, 0.25) is 0 Å². The van der Waals surface area contributed by atoms with Crippen molar-refractivity contribution in [2.45, 2.75) is 339 Å². The van der Waals surface area contributed by atoms with Crippen LogP contribution in [0, 0.1) is 0 Å². The molecule has 0 aromatic heterocycles. The molecule has 0 N–H and O–H groups in total. The summed E-state index contributed by atoms with van der Waals surface area (Å²) in [5, 5.41) is 0. The zero-order chi connectivity index (χ0) is 86.1. The Morgan fingerprint density at radius 3 is 0.488 bits per heavy atom. The Balaban J connectivity index is 0.876. The van der Waals surface area contributed by atoms with Crippen LogP contribution in [0.15, 0.2) is 267 Å². The second kappa shape index (κ2) is 41.6. The van der Waals surface area contributed by atoms with Gasteiger partial charge < -0.3 is 0 Å². The molecule has 125 heavy (non-hydrogen) atoms. The van der Waals surface area contributed by atoms with Crippen molar-refractivity contribution in [3.05, 3.63) is 334 Å². The van der Waals surface area contributed by atoms with Gasteiger partial charge in [-0.25, -0.2) is 0 Å². The summed E-state index contributed by atoms with van der Waals surface area (Å²) in [5.41, 5.74) is 38.7. The molecule has 0 saturated carbocycles. The Morgan fingerprint density at radius 1 is 0.152 bits per heavy atom. The molecule has 0 bridgehead atoms. The molecule has 4 aliphatic rings. The summed E-state index contributed by atoms with van der Waals surface area (Å²) in [4.78, 5) is 0. The third kappa shape index (κ3) is 17.7. The van der Waals surface area contributed by atoms with Gasteiger partial charge in [0.25, 0.3) is 0 Å². The summed E-state index contributed by atoms with van der Waals surface area (Å²) in [5.74, 6) is 0. The maximum absolute atomic E-state index is 2.66. The lowest BCUT2D eigenvalue weighted by Gasteiger charge is -2.37. The Kier molecular flexibility index (Phi) is 29.6. The largest absolute Gasteiger partial charge is 0.0701 e. The van der Waals surface area contributed by atoms with Gasteiger partial charge in [0.15, 0.2) is 0 Å². The summed E-state index contributed by atoms with van der Waals surface area (Å²) < 4.78 is 0. The molecule has 16 rings (SSSR count). The van der Waals surface area contributed by atoms with Gasteiger partial charge in [0.2, 0.25) is 0 Å². The fraction of sp³-hybridized carbons (Fsp3) is 0.424. The summed E-state index contributed by atoms with van der Waals surface area (Å²) in [6.45, 7) is 18.9. The molecule has 12 aromatic rings. The molecule has 0 heteroatoms. The highest BCUT2D eigenvalue weighted by Crippen LogP contribution is 2.61. The molecule has 0 heterocycles. The predicted octanol–water partition coefficient (Wildman–Crippen LogP) is 37.6. The summed E-state index contributed by atoms with van der Waals surface area (Å²) in [6.07, 6.45) is 50.3. The SMILES string of the molecule is CCCCCCC1(CCCCCC)c2ccccc2-c2ccc(-c3ccc(C(c4ccc(-c5ccc6c(c5)C(CCCCCC)(CCCCCC)c5ccccc5-6)cc4)(c4ccc(-c5ccc6c(c5)C(CCCCCC)(CCCCCC)c5ccccc5-6)cc4)c4ccc(-c5ccc6c(c5)C(CCCCCC)(CCCCCC)c5ccccc5-6)cc4)cc3)cc21. The number of unbranched alkanes of at least 4 members (excludes halogenated alkanes) is 24. The first-order chi connectivity index (χ1) is 61.6. The lowest BCUT2D eigenvalue weighted by Crippen LogP contribution is -2.31. The van der Waals surface area contributed by atoms with E-state index < -0.39 is 5.41 Å². The maximum atomic E-state index is 2.66. The fourth-order valence-electron chi connectivity index (χ4n) is 24.7. The normalized spacial score (nSPS) is 14.3. The molecule has 0 amide bonds. The van der Waals surface area contributed by atoms with Crippen LogP contribution in [0.1, 0.15) is 379 Å². The minimum Gasteiger partial charge on any atom is -0.0654 e. The van der Waals surface area contributed by atoms with Gasteiger partial charge in [-0.1, -0.05) is 504 Å². The molecule has 0 atom stereocenters. The van der Waals surface area contributed by atoms with Crippen molar-refractivity contribution in [1.82, 2.24) is 0 Å². The van der Waals surface area contributed by atoms with E-state index in [1.165, 1.54) is 368 Å². The molecule has 0 unspecified atom stereocenters. The van der Waals surface area contributed by atoms with E-state index in [0.29, 0.717) is 0 Å². The molecule has 0 aliphatic heterocycles. The smallest absolute Gasteiger partial charge is 0.0654 e. The summed E-state index contributed by atoms with van der Waals surface area (Å²) in [7, 11) is 0. The Bertz CT molecular complexity index is 4760. The lowest BCUT2D eigenvalue weighted by atomic mass is 9.64. The second-order valence-corrected chi connectivity index (χ2v) is 39.1. The molecule has 0 radical (unpaired) electrons. The van der Waals surface area contributed by atoms with E-state index >= 15 is 0 Å². The van der Waals surface area contributed by atoms with Crippen molar-refractivity contribution in [1.29, 1.82) is 0 Å². The van der Waals surface area contributed by atoms with Crippen LogP contribution >= 0.6 is 0 Å². The van der Waals surface area contributed by atoms with Crippen molar-refractivity contribution in [3.63, 3.8) is 0 Å². The molecule has 4 aliphatic carbocycles. The minimum absolute atomic E-state index is 0.00771. The van der Waals surface area contributed by atoms with Crippen molar-refractivity contribution < 1.29 is 0 Å². The Hall–Kier alpha value is -9.36. The van der Waals surface area contributed by atoms with Crippen LogP contribution in [0.25, 0.3) is 89.0 Å². The zero-order valence-corrected chi connectivity index (χ0v) is 78.2. The number of fused-ring (bicyclic) bond motifs is 12. The number of rotatable bonds is 48. The molecular formula is C125H148. The van der Waals surface area contributed by atoms with Crippen molar-refractivity contribution in [3.8, 4) is 89.0 Å². The van der Waals surface area contributed by atoms with Gasteiger partial charge in [0.05, 0.1) is 5.41 Å². The van der Waals surface area contributed by atoms with E-state index in [2.05, 4.69) is 322 Å². The monoisotopic (exact) mass is 1650 g/mol. The second-order valence-electron chi connectivity index (χ2n) is 39.1. The van der Waals surface area contributed by atoms with Crippen LogP contribution < -0.4 is 0 Å². The van der Waals surface area contributed by atoms with E-state index in [1.807, 2.05) is 0 Å². The van der Waals surface area contributed by atoms with Gasteiger partial charge in [-0.2, -0.15) is 0 Å². The number of hydrogen-bond acceptors (Lipinski definition) is 0. The lowest BCUT2D eigenvalue weighted by molar-refractivity contribution is 0.401. The highest BCUT2D eigenvalue weighted by molar-refractivity contribution is 5.89. The highest BCUT2D eigenvalue weighted by atomic mass is 14.5. The van der Waals surface area contributed by atoms with Crippen LogP contribution in [-0.2, 0) is 27.1 Å². The quantitative estimate of drug-likeness (QED) is 0.0263. The molecule has 0 nitrogen and oxygen atoms in total. The number of benzene rings is 12. The van der Waals surface area contributed by atoms with Gasteiger partial charge in [0, 0.05) is 21.7 Å². The maximum Gasteiger partial charge on any atom is 0.0701 e. The fourth-order valence-corrected chi connectivity index (χ4v) is 24.7. The highest BCUT2D eigenvalue weighted by Gasteiger charge is 2.48. The van der Waals surface area contributed by atoms with Crippen LogP contribution in [-0.4, -0.2) is 0 Å². The number of hydrogen-bond donors (Lipinski definition) is 0. The summed E-state index contributed by atoms with van der Waals surface area (Å²) >= 11 is 0. The van der Waals surface area contributed by atoms with E-state index in [0.717, 1.165) is 0 Å². The average Bonchev–Trinajstić information content (AvgIpc) is 1.73.